The molecule has 0 atom stereocenters. The van der Waals surface area contributed by atoms with E-state index in [-0.39, 0.29) is 11.7 Å². The van der Waals surface area contributed by atoms with Gasteiger partial charge in [0.1, 0.15) is 30.5 Å². The van der Waals surface area contributed by atoms with Crippen LogP contribution in [0.3, 0.4) is 0 Å². The summed E-state index contributed by atoms with van der Waals surface area (Å²) in [6, 6.07) is 28.7. The Hall–Kier alpha value is -4.16. The molecule has 0 saturated heterocycles. The van der Waals surface area contributed by atoms with Crippen molar-refractivity contribution < 1.29 is 18.7 Å². The van der Waals surface area contributed by atoms with E-state index in [9.17, 15) is 9.18 Å². The number of amides is 1. The van der Waals surface area contributed by atoms with Gasteiger partial charge in [0.15, 0.2) is 0 Å². The second-order valence-corrected chi connectivity index (χ2v) is 9.09. The Labute approximate surface area is 223 Å². The number of nitrogens with one attached hydrogen (secondary N) is 2. The molecule has 0 bridgehead atoms. The van der Waals surface area contributed by atoms with Gasteiger partial charge in [0, 0.05) is 38.2 Å². The van der Waals surface area contributed by atoms with Crippen molar-refractivity contribution >= 4 is 5.91 Å². The van der Waals surface area contributed by atoms with E-state index in [4.69, 9.17) is 9.47 Å². The Bertz CT molecular complexity index is 1340. The summed E-state index contributed by atoms with van der Waals surface area (Å²) >= 11 is 0. The quantitative estimate of drug-likeness (QED) is 0.223. The molecule has 1 amide bonds. The molecule has 0 saturated carbocycles. The normalized spacial score (nSPS) is 10.7. The van der Waals surface area contributed by atoms with Crippen LogP contribution in [0.1, 0.15) is 29.2 Å². The fraction of sp³-hybridized carbons (Fsp3) is 0.219. The topological polar surface area (TPSA) is 59.6 Å². The van der Waals surface area contributed by atoms with Crippen LogP contribution in [0.4, 0.5) is 4.39 Å². The van der Waals surface area contributed by atoms with E-state index in [0.29, 0.717) is 44.3 Å². The molecule has 0 spiro atoms. The first-order valence-corrected chi connectivity index (χ1v) is 12.7. The molecule has 0 aliphatic rings. The molecule has 0 fully saturated rings. The maximum atomic E-state index is 13.3. The third kappa shape index (κ3) is 7.67. The highest BCUT2D eigenvalue weighted by molar-refractivity contribution is 5.72. The van der Waals surface area contributed by atoms with E-state index in [1.165, 1.54) is 35.7 Å². The smallest absolute Gasteiger partial charge is 0.216 e. The van der Waals surface area contributed by atoms with Crippen LogP contribution in [-0.4, -0.2) is 19.0 Å². The molecule has 0 radical (unpaired) electrons. The first kappa shape index (κ1) is 26.9. The van der Waals surface area contributed by atoms with Gasteiger partial charge in [0.05, 0.1) is 0 Å². The number of hydrogen-bond donors (Lipinski definition) is 2. The van der Waals surface area contributed by atoms with Gasteiger partial charge in [-0.1, -0.05) is 66.7 Å². The molecule has 5 nitrogen and oxygen atoms in total. The third-order valence-corrected chi connectivity index (χ3v) is 6.26. The SMILES string of the molecule is CC(=O)NCCNCc1ccc(OCc2cccc(-c3ccccc3)c2C)cc1OCc1ccc(F)cc1. The van der Waals surface area contributed by atoms with Crippen molar-refractivity contribution in [2.24, 2.45) is 0 Å². The van der Waals surface area contributed by atoms with Gasteiger partial charge in [0.25, 0.3) is 0 Å². The van der Waals surface area contributed by atoms with Crippen molar-refractivity contribution in [2.45, 2.75) is 33.6 Å². The van der Waals surface area contributed by atoms with E-state index < -0.39 is 0 Å². The summed E-state index contributed by atoms with van der Waals surface area (Å²) in [5.74, 6) is 1.06. The molecule has 38 heavy (non-hydrogen) atoms. The lowest BCUT2D eigenvalue weighted by Gasteiger charge is -2.16. The average molecular weight is 513 g/mol. The third-order valence-electron chi connectivity index (χ3n) is 6.26. The minimum Gasteiger partial charge on any atom is -0.489 e. The Balaban J connectivity index is 1.46. The van der Waals surface area contributed by atoms with Gasteiger partial charge in [-0.3, -0.25) is 4.79 Å². The Kier molecular flexibility index (Phi) is 9.48. The van der Waals surface area contributed by atoms with Crippen LogP contribution in [-0.2, 0) is 24.6 Å². The summed E-state index contributed by atoms with van der Waals surface area (Å²) in [5, 5.41) is 6.10. The molecule has 196 valence electrons. The number of carbonyl (C=O) groups excluding carboxylic acids is 1. The minimum atomic E-state index is -0.278. The summed E-state index contributed by atoms with van der Waals surface area (Å²) in [4.78, 5) is 11.1. The summed E-state index contributed by atoms with van der Waals surface area (Å²) in [6.07, 6.45) is 0. The number of halogens is 1. The van der Waals surface area contributed by atoms with Crippen molar-refractivity contribution in [3.05, 3.63) is 119 Å². The highest BCUT2D eigenvalue weighted by atomic mass is 19.1. The van der Waals surface area contributed by atoms with E-state index in [1.54, 1.807) is 12.1 Å². The summed E-state index contributed by atoms with van der Waals surface area (Å²) < 4.78 is 25.6. The van der Waals surface area contributed by atoms with Crippen LogP contribution >= 0.6 is 0 Å². The van der Waals surface area contributed by atoms with Crippen LogP contribution in [0.15, 0.2) is 91.0 Å². The number of carbonyl (C=O) groups is 1. The van der Waals surface area contributed by atoms with Gasteiger partial charge in [-0.2, -0.15) is 0 Å². The maximum Gasteiger partial charge on any atom is 0.216 e. The Morgan fingerprint density at radius 3 is 2.37 bits per heavy atom. The largest absolute Gasteiger partial charge is 0.489 e. The van der Waals surface area contributed by atoms with E-state index in [0.717, 1.165) is 16.7 Å². The lowest BCUT2D eigenvalue weighted by molar-refractivity contribution is -0.118. The van der Waals surface area contributed by atoms with Crippen molar-refractivity contribution in [1.29, 1.82) is 0 Å². The molecule has 0 aliphatic heterocycles. The zero-order chi connectivity index (χ0) is 26.7. The van der Waals surface area contributed by atoms with E-state index in [1.807, 2.05) is 36.4 Å². The maximum absolute atomic E-state index is 13.3. The monoisotopic (exact) mass is 512 g/mol. The number of benzene rings is 4. The van der Waals surface area contributed by atoms with Crippen molar-refractivity contribution in [1.82, 2.24) is 10.6 Å². The van der Waals surface area contributed by atoms with E-state index in [2.05, 4.69) is 47.9 Å². The summed E-state index contributed by atoms with van der Waals surface area (Å²) in [5.41, 5.74) is 6.50. The molecular formula is C32H33FN2O3. The second kappa shape index (κ2) is 13.4. The summed E-state index contributed by atoms with van der Waals surface area (Å²) in [7, 11) is 0. The first-order chi connectivity index (χ1) is 18.5. The van der Waals surface area contributed by atoms with Gasteiger partial charge in [-0.25, -0.2) is 4.39 Å². The summed E-state index contributed by atoms with van der Waals surface area (Å²) in [6.45, 7) is 6.10. The van der Waals surface area contributed by atoms with Crippen LogP contribution in [0.5, 0.6) is 11.5 Å². The zero-order valence-electron chi connectivity index (χ0n) is 21.8. The second-order valence-electron chi connectivity index (χ2n) is 9.09. The molecule has 6 heteroatoms. The minimum absolute atomic E-state index is 0.0545. The van der Waals surface area contributed by atoms with Gasteiger partial charge < -0.3 is 20.1 Å². The lowest BCUT2D eigenvalue weighted by atomic mass is 9.97. The molecule has 0 aliphatic carbocycles. The molecule has 4 rings (SSSR count). The molecule has 4 aromatic rings. The van der Waals surface area contributed by atoms with Crippen molar-refractivity contribution in [2.75, 3.05) is 13.1 Å². The van der Waals surface area contributed by atoms with Crippen LogP contribution in [0.2, 0.25) is 0 Å². The number of rotatable bonds is 12. The van der Waals surface area contributed by atoms with Crippen molar-refractivity contribution in [3.63, 3.8) is 0 Å². The van der Waals surface area contributed by atoms with Gasteiger partial charge in [-0.15, -0.1) is 0 Å². The molecule has 0 aromatic heterocycles. The highest BCUT2D eigenvalue weighted by Gasteiger charge is 2.10. The number of hydrogen-bond acceptors (Lipinski definition) is 4. The van der Waals surface area contributed by atoms with Gasteiger partial charge in [0.2, 0.25) is 5.91 Å². The van der Waals surface area contributed by atoms with Crippen molar-refractivity contribution in [3.8, 4) is 22.6 Å². The Morgan fingerprint density at radius 2 is 1.61 bits per heavy atom. The van der Waals surface area contributed by atoms with E-state index >= 15 is 0 Å². The number of ether oxygens (including phenoxy) is 2. The Morgan fingerprint density at radius 1 is 0.816 bits per heavy atom. The van der Waals surface area contributed by atoms with Crippen LogP contribution in [0.25, 0.3) is 11.1 Å². The zero-order valence-corrected chi connectivity index (χ0v) is 21.8. The van der Waals surface area contributed by atoms with Gasteiger partial charge >= 0.3 is 0 Å². The fourth-order valence-corrected chi connectivity index (χ4v) is 4.13. The predicted molar refractivity (Wildman–Crippen MR) is 149 cm³/mol. The van der Waals surface area contributed by atoms with Crippen LogP contribution in [0, 0.1) is 12.7 Å². The lowest BCUT2D eigenvalue weighted by Crippen LogP contribution is -2.30. The molecule has 0 unspecified atom stereocenters. The molecule has 2 N–H and O–H groups in total. The van der Waals surface area contributed by atoms with Gasteiger partial charge in [-0.05, 0) is 52.9 Å². The average Bonchev–Trinajstić information content (AvgIpc) is 2.93. The standard InChI is InChI=1S/C32H33FN2O3/c1-23-28(9-6-10-31(23)26-7-4-3-5-8-26)22-37-30-16-13-27(20-34-17-18-35-24(2)36)32(19-30)38-21-25-11-14-29(33)15-12-25/h3-16,19,34H,17-18,20-22H2,1-2H3,(H,35,36). The molecular weight excluding hydrogens is 479 g/mol. The predicted octanol–water partition coefficient (Wildman–Crippen LogP) is 6.18. The molecule has 0 heterocycles. The molecule has 4 aromatic carbocycles. The first-order valence-electron chi connectivity index (χ1n) is 12.7. The highest BCUT2D eigenvalue weighted by Crippen LogP contribution is 2.29. The fourth-order valence-electron chi connectivity index (χ4n) is 4.13. The van der Waals surface area contributed by atoms with Crippen LogP contribution < -0.4 is 20.1 Å².